The van der Waals surface area contributed by atoms with Crippen LogP contribution in [-0.2, 0) is 10.0 Å². The Morgan fingerprint density at radius 1 is 1.40 bits per heavy atom. The molecule has 0 aliphatic carbocycles. The zero-order chi connectivity index (χ0) is 14.9. The lowest BCUT2D eigenvalue weighted by Gasteiger charge is -2.08. The van der Waals surface area contributed by atoms with Crippen molar-refractivity contribution in [2.45, 2.75) is 11.1 Å². The molecule has 0 saturated heterocycles. The lowest BCUT2D eigenvalue weighted by Crippen LogP contribution is -2.15. The number of rotatable bonds is 4. The maximum atomic E-state index is 12.2. The van der Waals surface area contributed by atoms with Gasteiger partial charge in [-0.1, -0.05) is 15.9 Å². The average Bonchev–Trinajstić information content (AvgIpc) is 2.75. The summed E-state index contributed by atoms with van der Waals surface area (Å²) in [7, 11) is -3.97. The number of carbonyl (C=O) groups is 1. The van der Waals surface area contributed by atoms with Crippen LogP contribution in [0.3, 0.4) is 0 Å². The Kier molecular flexibility index (Phi) is 4.11. The predicted molar refractivity (Wildman–Crippen MR) is 78.8 cm³/mol. The highest BCUT2D eigenvalue weighted by Gasteiger charge is 2.25. The molecular formula is C11H9BrN2O4S2. The average molecular weight is 377 g/mol. The van der Waals surface area contributed by atoms with E-state index in [1.54, 1.807) is 12.1 Å². The van der Waals surface area contributed by atoms with Gasteiger partial charge in [-0.05, 0) is 30.7 Å². The summed E-state index contributed by atoms with van der Waals surface area (Å²) in [4.78, 5) is 14.5. The fraction of sp³-hybridized carbons (Fsp3) is 0.0909. The minimum absolute atomic E-state index is 0.317. The zero-order valence-corrected chi connectivity index (χ0v) is 13.3. The second-order valence-corrected chi connectivity index (χ2v) is 7.56. The molecule has 0 saturated carbocycles. The second-order valence-electron chi connectivity index (χ2n) is 3.92. The number of aromatic nitrogens is 1. The van der Waals surface area contributed by atoms with Crippen LogP contribution in [0.15, 0.2) is 32.4 Å². The molecule has 1 aromatic heterocycles. The van der Waals surface area contributed by atoms with Gasteiger partial charge in [0.15, 0.2) is 9.90 Å². The van der Waals surface area contributed by atoms with Crippen molar-refractivity contribution in [3.63, 3.8) is 0 Å². The molecule has 2 rings (SSSR count). The van der Waals surface area contributed by atoms with E-state index < -0.39 is 21.7 Å². The third kappa shape index (κ3) is 3.17. The number of nitrogens with zero attached hydrogens (tertiary/aromatic N) is 1. The highest BCUT2D eigenvalue weighted by molar-refractivity contribution is 9.10. The molecule has 2 aromatic rings. The maximum Gasteiger partial charge on any atom is 0.356 e. The molecule has 0 bridgehead atoms. The monoisotopic (exact) mass is 376 g/mol. The van der Waals surface area contributed by atoms with Crippen LogP contribution < -0.4 is 4.72 Å². The molecule has 0 fully saturated rings. The molecule has 0 unspecified atom stereocenters. The van der Waals surface area contributed by atoms with Crippen LogP contribution >= 0.6 is 27.3 Å². The standard InChI is InChI=1S/C11H9BrN2O4S2/c1-6-2-7(12)4-8(3-6)14-20(17,18)11-9(10(15)16)13-5-19-11/h2-5,14H,1H3,(H,15,16). The first-order valence-corrected chi connectivity index (χ1v) is 8.42. The molecule has 0 aliphatic rings. The number of halogens is 1. The number of benzene rings is 1. The Bertz CT molecular complexity index is 750. The van der Waals surface area contributed by atoms with E-state index in [9.17, 15) is 13.2 Å². The van der Waals surface area contributed by atoms with Crippen LogP contribution in [0.4, 0.5) is 5.69 Å². The van der Waals surface area contributed by atoms with Gasteiger partial charge in [0.2, 0.25) is 0 Å². The number of carboxylic acid groups (broad SMARTS) is 1. The summed E-state index contributed by atoms with van der Waals surface area (Å²) >= 11 is 4.03. The Morgan fingerprint density at radius 3 is 2.70 bits per heavy atom. The van der Waals surface area contributed by atoms with Crippen molar-refractivity contribution in [3.05, 3.63) is 39.4 Å². The first-order chi connectivity index (χ1) is 9.29. The van der Waals surface area contributed by atoms with Crippen molar-refractivity contribution in [3.8, 4) is 0 Å². The highest BCUT2D eigenvalue weighted by atomic mass is 79.9. The molecule has 0 radical (unpaired) electrons. The van der Waals surface area contributed by atoms with Crippen molar-refractivity contribution in [2.75, 3.05) is 4.72 Å². The molecule has 0 aliphatic heterocycles. The molecule has 6 nitrogen and oxygen atoms in total. The molecular weight excluding hydrogens is 368 g/mol. The molecule has 0 amide bonds. The van der Waals surface area contributed by atoms with Crippen LogP contribution in [0, 0.1) is 6.92 Å². The van der Waals surface area contributed by atoms with Gasteiger partial charge in [-0.15, -0.1) is 11.3 Å². The van der Waals surface area contributed by atoms with Gasteiger partial charge in [0.25, 0.3) is 10.0 Å². The van der Waals surface area contributed by atoms with Gasteiger partial charge < -0.3 is 5.11 Å². The van der Waals surface area contributed by atoms with E-state index in [1.807, 2.05) is 13.0 Å². The molecule has 2 N–H and O–H groups in total. The van der Waals surface area contributed by atoms with E-state index >= 15 is 0 Å². The van der Waals surface area contributed by atoms with Crippen LogP contribution in [0.2, 0.25) is 0 Å². The third-order valence-electron chi connectivity index (χ3n) is 2.28. The van der Waals surface area contributed by atoms with E-state index in [0.29, 0.717) is 5.69 Å². The smallest absolute Gasteiger partial charge is 0.356 e. The van der Waals surface area contributed by atoms with Crippen molar-refractivity contribution in [1.82, 2.24) is 4.98 Å². The first kappa shape index (κ1) is 14.9. The predicted octanol–water partition coefficient (Wildman–Crippen LogP) is 2.71. The van der Waals surface area contributed by atoms with Crippen molar-refractivity contribution in [1.29, 1.82) is 0 Å². The van der Waals surface area contributed by atoms with Gasteiger partial charge in [-0.2, -0.15) is 0 Å². The topological polar surface area (TPSA) is 96.4 Å². The Labute approximate surface area is 127 Å². The number of aromatic carboxylic acids is 1. The van der Waals surface area contributed by atoms with E-state index in [4.69, 9.17) is 5.11 Å². The van der Waals surface area contributed by atoms with Crippen LogP contribution in [-0.4, -0.2) is 24.5 Å². The first-order valence-electron chi connectivity index (χ1n) is 5.26. The number of aryl methyl sites for hydroxylation is 1. The summed E-state index contributed by atoms with van der Waals surface area (Å²) in [5, 5.41) is 8.92. The molecule has 20 heavy (non-hydrogen) atoms. The van der Waals surface area contributed by atoms with Crippen molar-refractivity contribution in [2.24, 2.45) is 0 Å². The lowest BCUT2D eigenvalue weighted by atomic mass is 10.2. The third-order valence-corrected chi connectivity index (χ3v) is 5.48. The normalized spacial score (nSPS) is 11.3. The minimum atomic E-state index is -3.97. The van der Waals surface area contributed by atoms with E-state index in [-0.39, 0.29) is 4.21 Å². The molecule has 0 atom stereocenters. The Balaban J connectivity index is 2.41. The summed E-state index contributed by atoms with van der Waals surface area (Å²) in [5.41, 5.74) is 1.92. The van der Waals surface area contributed by atoms with E-state index in [2.05, 4.69) is 25.6 Å². The van der Waals surface area contributed by atoms with E-state index in [1.165, 1.54) is 5.51 Å². The quantitative estimate of drug-likeness (QED) is 0.854. The summed E-state index contributed by atoms with van der Waals surface area (Å²) < 4.78 is 27.1. The van der Waals surface area contributed by atoms with Gasteiger partial charge in [0.05, 0.1) is 11.2 Å². The van der Waals surface area contributed by atoms with Gasteiger partial charge in [-0.3, -0.25) is 4.72 Å². The second kappa shape index (κ2) is 5.51. The fourth-order valence-corrected chi connectivity index (χ4v) is 4.35. The number of thiazole rings is 1. The number of sulfonamides is 1. The van der Waals surface area contributed by atoms with Gasteiger partial charge in [-0.25, -0.2) is 18.2 Å². The number of hydrogen-bond donors (Lipinski definition) is 2. The van der Waals surface area contributed by atoms with Gasteiger partial charge >= 0.3 is 5.97 Å². The Morgan fingerprint density at radius 2 is 2.10 bits per heavy atom. The summed E-state index contributed by atoms with van der Waals surface area (Å²) in [6.45, 7) is 1.82. The lowest BCUT2D eigenvalue weighted by molar-refractivity contribution is 0.0687. The maximum absolute atomic E-state index is 12.2. The number of anilines is 1. The van der Waals surface area contributed by atoms with Gasteiger partial charge in [0.1, 0.15) is 0 Å². The number of nitrogens with one attached hydrogen (secondary N) is 1. The van der Waals surface area contributed by atoms with Crippen LogP contribution in [0.5, 0.6) is 0 Å². The van der Waals surface area contributed by atoms with E-state index in [0.717, 1.165) is 21.4 Å². The minimum Gasteiger partial charge on any atom is -0.476 e. The molecule has 106 valence electrons. The van der Waals surface area contributed by atoms with Crippen LogP contribution in [0.25, 0.3) is 0 Å². The molecule has 0 spiro atoms. The van der Waals surface area contributed by atoms with Crippen LogP contribution in [0.1, 0.15) is 16.1 Å². The zero-order valence-electron chi connectivity index (χ0n) is 10.1. The fourth-order valence-electron chi connectivity index (χ4n) is 1.57. The molecule has 1 aromatic carbocycles. The molecule has 9 heteroatoms. The highest BCUT2D eigenvalue weighted by Crippen LogP contribution is 2.25. The summed E-state index contributed by atoms with van der Waals surface area (Å²) in [6.07, 6.45) is 0. The van der Waals surface area contributed by atoms with Crippen molar-refractivity contribution < 1.29 is 18.3 Å². The number of carboxylic acids is 1. The van der Waals surface area contributed by atoms with Crippen molar-refractivity contribution >= 4 is 48.9 Å². The number of hydrogen-bond acceptors (Lipinski definition) is 5. The summed E-state index contributed by atoms with van der Waals surface area (Å²) in [6, 6.07) is 5.06. The summed E-state index contributed by atoms with van der Waals surface area (Å²) in [5.74, 6) is -1.38. The Hall–Kier alpha value is -1.45. The largest absolute Gasteiger partial charge is 0.476 e. The molecule has 1 heterocycles. The SMILES string of the molecule is Cc1cc(Br)cc(NS(=O)(=O)c2scnc2C(=O)O)c1. The van der Waals surface area contributed by atoms with Gasteiger partial charge in [0, 0.05) is 4.47 Å².